The van der Waals surface area contributed by atoms with Crippen molar-refractivity contribution in [3.8, 4) is 0 Å². The van der Waals surface area contributed by atoms with E-state index in [1.54, 1.807) is 48.5 Å². The predicted molar refractivity (Wildman–Crippen MR) is 82.8 cm³/mol. The molecule has 21 heavy (non-hydrogen) atoms. The van der Waals surface area contributed by atoms with E-state index in [0.29, 0.717) is 21.3 Å². The smallest absolute Gasteiger partial charge is 0.330 e. The Morgan fingerprint density at radius 1 is 1.14 bits per heavy atom. The molecule has 0 radical (unpaired) electrons. The molecule has 1 atom stereocenters. The van der Waals surface area contributed by atoms with Crippen LogP contribution in [0.5, 0.6) is 0 Å². The summed E-state index contributed by atoms with van der Waals surface area (Å²) < 4.78 is 0.585. The van der Waals surface area contributed by atoms with Gasteiger partial charge in [0.25, 0.3) is 5.91 Å². The number of hydrogen-bond acceptors (Lipinski definition) is 3. The van der Waals surface area contributed by atoms with Crippen LogP contribution in [-0.4, -0.2) is 17.0 Å². The topological polar surface area (TPSA) is 92.4 Å². The zero-order valence-electron chi connectivity index (χ0n) is 10.9. The molecule has 0 unspecified atom stereocenters. The number of nitrogen functional groups attached to an aromatic ring is 1. The molecule has 0 aliphatic carbocycles. The normalized spacial score (nSPS) is 11.7. The van der Waals surface area contributed by atoms with Crippen LogP contribution < -0.4 is 11.1 Å². The molecule has 1 amide bonds. The number of rotatable bonds is 4. The predicted octanol–water partition coefficient (Wildman–Crippen LogP) is 2.59. The first-order chi connectivity index (χ1) is 9.99. The number of amides is 1. The van der Waals surface area contributed by atoms with Crippen molar-refractivity contribution in [3.63, 3.8) is 0 Å². The number of anilines is 1. The Bertz CT molecular complexity index is 674. The SMILES string of the molecule is Nc1ccc(C(=O)N[C@@H](C(=O)O)c2ccccc2)cc1Br. The zero-order chi connectivity index (χ0) is 15.4. The van der Waals surface area contributed by atoms with Crippen LogP contribution in [-0.2, 0) is 4.79 Å². The summed E-state index contributed by atoms with van der Waals surface area (Å²) in [6, 6.07) is 12.1. The number of carboxylic acids is 1. The number of carbonyl (C=O) groups excluding carboxylic acids is 1. The van der Waals surface area contributed by atoms with Gasteiger partial charge in [0, 0.05) is 15.7 Å². The maximum atomic E-state index is 12.2. The summed E-state index contributed by atoms with van der Waals surface area (Å²) in [7, 11) is 0. The fourth-order valence-electron chi connectivity index (χ4n) is 1.82. The van der Waals surface area contributed by atoms with E-state index in [4.69, 9.17) is 5.73 Å². The number of nitrogens with two attached hydrogens (primary N) is 1. The quantitative estimate of drug-likeness (QED) is 0.740. The Morgan fingerprint density at radius 3 is 2.38 bits per heavy atom. The summed E-state index contributed by atoms with van der Waals surface area (Å²) in [6.45, 7) is 0. The second-order valence-electron chi connectivity index (χ2n) is 4.39. The van der Waals surface area contributed by atoms with Gasteiger partial charge in [0.05, 0.1) is 0 Å². The molecule has 4 N–H and O–H groups in total. The first-order valence-corrected chi connectivity index (χ1v) is 6.92. The van der Waals surface area contributed by atoms with Crippen LogP contribution in [0.1, 0.15) is 22.0 Å². The largest absolute Gasteiger partial charge is 0.479 e. The molecule has 0 fully saturated rings. The van der Waals surface area contributed by atoms with E-state index in [-0.39, 0.29) is 0 Å². The van der Waals surface area contributed by atoms with Crippen LogP contribution in [0, 0.1) is 0 Å². The van der Waals surface area contributed by atoms with Gasteiger partial charge in [-0.2, -0.15) is 0 Å². The van der Waals surface area contributed by atoms with E-state index < -0.39 is 17.9 Å². The summed E-state index contributed by atoms with van der Waals surface area (Å²) in [5.41, 5.74) is 7.00. The molecule has 2 aromatic carbocycles. The number of aliphatic carboxylic acids is 1. The summed E-state index contributed by atoms with van der Waals surface area (Å²) in [5.74, 6) is -1.60. The monoisotopic (exact) mass is 348 g/mol. The molecule has 0 saturated heterocycles. The molecule has 2 rings (SSSR count). The number of hydrogen-bond donors (Lipinski definition) is 3. The van der Waals surface area contributed by atoms with Crippen molar-refractivity contribution in [2.45, 2.75) is 6.04 Å². The van der Waals surface area contributed by atoms with Gasteiger partial charge in [-0.15, -0.1) is 0 Å². The molecule has 0 heterocycles. The second-order valence-corrected chi connectivity index (χ2v) is 5.25. The highest BCUT2D eigenvalue weighted by atomic mass is 79.9. The average Bonchev–Trinajstić information content (AvgIpc) is 2.48. The van der Waals surface area contributed by atoms with Gasteiger partial charge in [-0.1, -0.05) is 30.3 Å². The highest BCUT2D eigenvalue weighted by molar-refractivity contribution is 9.10. The van der Waals surface area contributed by atoms with Gasteiger partial charge in [0.2, 0.25) is 0 Å². The molecule has 108 valence electrons. The van der Waals surface area contributed by atoms with Crippen LogP contribution in [0.25, 0.3) is 0 Å². The van der Waals surface area contributed by atoms with Gasteiger partial charge in [-0.3, -0.25) is 4.79 Å². The molecule has 0 aromatic heterocycles. The Hall–Kier alpha value is -2.34. The first kappa shape index (κ1) is 15.1. The van der Waals surface area contributed by atoms with Crippen LogP contribution in [0.2, 0.25) is 0 Å². The average molecular weight is 349 g/mol. The van der Waals surface area contributed by atoms with Gasteiger partial charge >= 0.3 is 5.97 Å². The van der Waals surface area contributed by atoms with E-state index in [2.05, 4.69) is 21.2 Å². The standard InChI is InChI=1S/C15H13BrN2O3/c16-11-8-10(6-7-12(11)17)14(19)18-13(15(20)21)9-4-2-1-3-5-9/h1-8,13H,17H2,(H,18,19)(H,20,21)/t13-/m1/s1. The van der Waals surface area contributed by atoms with E-state index in [1.807, 2.05) is 0 Å². The lowest BCUT2D eigenvalue weighted by molar-refractivity contribution is -0.139. The van der Waals surface area contributed by atoms with Gasteiger partial charge in [-0.05, 0) is 39.7 Å². The molecular formula is C15H13BrN2O3. The molecule has 0 aliphatic rings. The van der Waals surface area contributed by atoms with Crippen LogP contribution in [0.4, 0.5) is 5.69 Å². The number of nitrogens with one attached hydrogen (secondary N) is 1. The van der Waals surface area contributed by atoms with Crippen molar-refractivity contribution in [3.05, 3.63) is 64.1 Å². The summed E-state index contributed by atoms with van der Waals surface area (Å²) in [4.78, 5) is 23.5. The lowest BCUT2D eigenvalue weighted by Gasteiger charge is -2.15. The third kappa shape index (κ3) is 3.61. The Labute approximate surface area is 129 Å². The summed E-state index contributed by atoms with van der Waals surface area (Å²) in [6.07, 6.45) is 0. The maximum absolute atomic E-state index is 12.2. The van der Waals surface area contributed by atoms with Crippen LogP contribution >= 0.6 is 15.9 Å². The third-order valence-corrected chi connectivity index (χ3v) is 3.60. The molecule has 0 bridgehead atoms. The number of carbonyl (C=O) groups is 2. The molecular weight excluding hydrogens is 336 g/mol. The fourth-order valence-corrected chi connectivity index (χ4v) is 2.19. The molecule has 0 aliphatic heterocycles. The van der Waals surface area contributed by atoms with Crippen LogP contribution in [0.15, 0.2) is 53.0 Å². The highest BCUT2D eigenvalue weighted by Crippen LogP contribution is 2.21. The second kappa shape index (κ2) is 6.41. The fraction of sp³-hybridized carbons (Fsp3) is 0.0667. The Morgan fingerprint density at radius 2 is 1.81 bits per heavy atom. The van der Waals surface area contributed by atoms with Crippen molar-refractivity contribution in [2.24, 2.45) is 0 Å². The van der Waals surface area contributed by atoms with Gasteiger partial charge in [0.15, 0.2) is 6.04 Å². The minimum absolute atomic E-state index is 0.332. The van der Waals surface area contributed by atoms with Gasteiger partial charge in [0.1, 0.15) is 0 Å². The Kier molecular flexibility index (Phi) is 4.59. The zero-order valence-corrected chi connectivity index (χ0v) is 12.5. The van der Waals surface area contributed by atoms with Crippen molar-refractivity contribution >= 4 is 33.5 Å². The number of benzene rings is 2. The van der Waals surface area contributed by atoms with Crippen molar-refractivity contribution in [1.29, 1.82) is 0 Å². The van der Waals surface area contributed by atoms with Crippen LogP contribution in [0.3, 0.4) is 0 Å². The maximum Gasteiger partial charge on any atom is 0.330 e. The molecule has 0 saturated carbocycles. The van der Waals surface area contributed by atoms with Crippen molar-refractivity contribution in [2.75, 3.05) is 5.73 Å². The van der Waals surface area contributed by atoms with Gasteiger partial charge in [-0.25, -0.2) is 4.79 Å². The third-order valence-electron chi connectivity index (χ3n) is 2.92. The number of carboxylic acid groups (broad SMARTS) is 1. The van der Waals surface area contributed by atoms with E-state index >= 15 is 0 Å². The summed E-state index contributed by atoms with van der Waals surface area (Å²) in [5, 5.41) is 11.8. The highest BCUT2D eigenvalue weighted by Gasteiger charge is 2.22. The molecule has 0 spiro atoms. The minimum Gasteiger partial charge on any atom is -0.479 e. The van der Waals surface area contributed by atoms with Crippen molar-refractivity contribution in [1.82, 2.24) is 5.32 Å². The van der Waals surface area contributed by atoms with Gasteiger partial charge < -0.3 is 16.2 Å². The molecule has 2 aromatic rings. The van der Waals surface area contributed by atoms with E-state index in [1.165, 1.54) is 0 Å². The van der Waals surface area contributed by atoms with E-state index in [0.717, 1.165) is 0 Å². The first-order valence-electron chi connectivity index (χ1n) is 6.12. The summed E-state index contributed by atoms with van der Waals surface area (Å²) >= 11 is 3.23. The molecule has 6 heteroatoms. The lowest BCUT2D eigenvalue weighted by Crippen LogP contribution is -2.33. The Balaban J connectivity index is 2.23. The molecule has 5 nitrogen and oxygen atoms in total. The lowest BCUT2D eigenvalue weighted by atomic mass is 10.1. The minimum atomic E-state index is -1.12. The van der Waals surface area contributed by atoms with Crippen molar-refractivity contribution < 1.29 is 14.7 Å². The number of halogens is 1. The van der Waals surface area contributed by atoms with E-state index in [9.17, 15) is 14.7 Å².